The van der Waals surface area contributed by atoms with Gasteiger partial charge in [-0.1, -0.05) is 11.6 Å². The number of pyridine rings is 1. The lowest BCUT2D eigenvalue weighted by atomic mass is 10.2. The first-order valence-corrected chi connectivity index (χ1v) is 3.96. The minimum absolute atomic E-state index is 0.299. The van der Waals surface area contributed by atoms with Crippen LogP contribution in [0.1, 0.15) is 22.5 Å². The van der Waals surface area contributed by atoms with Gasteiger partial charge in [0, 0.05) is 11.8 Å². The Morgan fingerprint density at radius 3 is 2.79 bits per heavy atom. The maximum atomic E-state index is 12.3. The summed E-state index contributed by atoms with van der Waals surface area (Å²) in [6.45, 7) is 0. The standard InChI is InChI=1S/C8H6ClF2NO2/c1-14-8(13)6-5(9)4(7(10)11)2-3-12-6/h2-3,7H,1H3. The summed E-state index contributed by atoms with van der Waals surface area (Å²) in [5.41, 5.74) is -0.728. The van der Waals surface area contributed by atoms with E-state index in [2.05, 4.69) is 9.72 Å². The Hall–Kier alpha value is -1.23. The molecule has 0 aliphatic heterocycles. The number of hydrogen-bond donors (Lipinski definition) is 0. The monoisotopic (exact) mass is 221 g/mol. The highest BCUT2D eigenvalue weighted by Gasteiger charge is 2.19. The van der Waals surface area contributed by atoms with E-state index in [9.17, 15) is 13.6 Å². The van der Waals surface area contributed by atoms with Crippen LogP contribution in [-0.4, -0.2) is 18.1 Å². The Kier molecular flexibility index (Phi) is 3.35. The lowest BCUT2D eigenvalue weighted by molar-refractivity contribution is 0.0593. The molecule has 76 valence electrons. The zero-order valence-corrected chi connectivity index (χ0v) is 7.89. The molecule has 0 amide bonds. The fourth-order valence-corrected chi connectivity index (χ4v) is 1.14. The van der Waals surface area contributed by atoms with Crippen LogP contribution in [0.25, 0.3) is 0 Å². The third-order valence-corrected chi connectivity index (χ3v) is 1.93. The van der Waals surface area contributed by atoms with Crippen LogP contribution in [0.3, 0.4) is 0 Å². The molecule has 0 aliphatic rings. The van der Waals surface area contributed by atoms with E-state index in [-0.39, 0.29) is 10.7 Å². The minimum Gasteiger partial charge on any atom is -0.464 e. The summed E-state index contributed by atoms with van der Waals surface area (Å²) >= 11 is 5.53. The number of aromatic nitrogens is 1. The van der Waals surface area contributed by atoms with Gasteiger partial charge in [0.25, 0.3) is 6.43 Å². The topological polar surface area (TPSA) is 39.2 Å². The van der Waals surface area contributed by atoms with Gasteiger partial charge in [-0.3, -0.25) is 0 Å². The number of nitrogens with zero attached hydrogens (tertiary/aromatic N) is 1. The lowest BCUT2D eigenvalue weighted by Crippen LogP contribution is -2.06. The van der Waals surface area contributed by atoms with Crippen LogP contribution in [-0.2, 0) is 4.74 Å². The molecule has 3 nitrogen and oxygen atoms in total. The van der Waals surface area contributed by atoms with Crippen molar-refractivity contribution in [3.63, 3.8) is 0 Å². The van der Waals surface area contributed by atoms with Crippen molar-refractivity contribution < 1.29 is 18.3 Å². The summed E-state index contributed by atoms with van der Waals surface area (Å²) in [4.78, 5) is 14.5. The van der Waals surface area contributed by atoms with Crippen molar-refractivity contribution in [2.45, 2.75) is 6.43 Å². The Balaban J connectivity index is 3.20. The van der Waals surface area contributed by atoms with E-state index >= 15 is 0 Å². The summed E-state index contributed by atoms with van der Waals surface area (Å²) in [5.74, 6) is -0.836. The molecule has 0 unspecified atom stereocenters. The highest BCUT2D eigenvalue weighted by Crippen LogP contribution is 2.28. The zero-order chi connectivity index (χ0) is 10.7. The van der Waals surface area contributed by atoms with Gasteiger partial charge in [-0.25, -0.2) is 18.6 Å². The van der Waals surface area contributed by atoms with Gasteiger partial charge in [-0.05, 0) is 6.07 Å². The number of rotatable bonds is 2. The van der Waals surface area contributed by atoms with Crippen LogP contribution in [0.4, 0.5) is 8.78 Å². The molecule has 0 saturated heterocycles. The molecule has 1 aromatic heterocycles. The highest BCUT2D eigenvalue weighted by atomic mass is 35.5. The van der Waals surface area contributed by atoms with Gasteiger partial charge in [0.2, 0.25) is 0 Å². The first-order valence-electron chi connectivity index (χ1n) is 3.58. The van der Waals surface area contributed by atoms with Crippen LogP contribution >= 0.6 is 11.6 Å². The van der Waals surface area contributed by atoms with Crippen molar-refractivity contribution in [3.05, 3.63) is 28.5 Å². The predicted octanol–water partition coefficient (Wildman–Crippen LogP) is 2.46. The molecule has 0 saturated carbocycles. The van der Waals surface area contributed by atoms with E-state index in [4.69, 9.17) is 11.6 Å². The molecule has 6 heteroatoms. The fraction of sp³-hybridized carbons (Fsp3) is 0.250. The molecule has 0 aromatic carbocycles. The van der Waals surface area contributed by atoms with E-state index in [0.29, 0.717) is 0 Å². The number of ether oxygens (including phenoxy) is 1. The van der Waals surface area contributed by atoms with Gasteiger partial charge in [-0.2, -0.15) is 0 Å². The maximum absolute atomic E-state index is 12.3. The average molecular weight is 222 g/mol. The minimum atomic E-state index is -2.74. The second-order valence-electron chi connectivity index (χ2n) is 2.36. The van der Waals surface area contributed by atoms with Gasteiger partial charge in [0.1, 0.15) is 0 Å². The number of carbonyl (C=O) groups is 1. The molecule has 1 rings (SSSR count). The summed E-state index contributed by atoms with van der Waals surface area (Å²) < 4.78 is 28.9. The molecule has 0 radical (unpaired) electrons. The van der Waals surface area contributed by atoms with E-state index < -0.39 is 18.0 Å². The molecule has 1 heterocycles. The predicted molar refractivity (Wildman–Crippen MR) is 45.5 cm³/mol. The Morgan fingerprint density at radius 2 is 2.29 bits per heavy atom. The molecule has 0 spiro atoms. The Bertz CT molecular complexity index is 357. The van der Waals surface area contributed by atoms with Crippen LogP contribution in [0, 0.1) is 0 Å². The van der Waals surface area contributed by atoms with E-state index in [1.165, 1.54) is 0 Å². The molecule has 0 atom stereocenters. The van der Waals surface area contributed by atoms with Gasteiger partial charge in [-0.15, -0.1) is 0 Å². The van der Waals surface area contributed by atoms with Crippen LogP contribution in [0.2, 0.25) is 5.02 Å². The third-order valence-electron chi connectivity index (χ3n) is 1.53. The lowest BCUT2D eigenvalue weighted by Gasteiger charge is -2.05. The van der Waals surface area contributed by atoms with Crippen molar-refractivity contribution >= 4 is 17.6 Å². The highest BCUT2D eigenvalue weighted by molar-refractivity contribution is 6.34. The van der Waals surface area contributed by atoms with Crippen LogP contribution in [0.15, 0.2) is 12.3 Å². The zero-order valence-electron chi connectivity index (χ0n) is 7.13. The molecule has 0 bridgehead atoms. The quantitative estimate of drug-likeness (QED) is 0.720. The second-order valence-corrected chi connectivity index (χ2v) is 2.73. The Labute approximate surface area is 83.7 Å². The molecule has 1 aromatic rings. The summed E-state index contributed by atoms with van der Waals surface area (Å²) in [6, 6.07) is 1.06. The largest absolute Gasteiger partial charge is 0.464 e. The van der Waals surface area contributed by atoms with E-state index in [0.717, 1.165) is 19.4 Å². The van der Waals surface area contributed by atoms with Crippen molar-refractivity contribution in [2.24, 2.45) is 0 Å². The fourth-order valence-electron chi connectivity index (χ4n) is 0.866. The third kappa shape index (κ3) is 1.98. The average Bonchev–Trinajstić information content (AvgIpc) is 2.16. The number of methoxy groups -OCH3 is 1. The Morgan fingerprint density at radius 1 is 1.64 bits per heavy atom. The number of halogens is 3. The number of carbonyl (C=O) groups excluding carboxylic acids is 1. The number of esters is 1. The van der Waals surface area contributed by atoms with Crippen molar-refractivity contribution in [2.75, 3.05) is 7.11 Å². The second kappa shape index (κ2) is 4.32. The molecular formula is C8H6ClF2NO2. The number of alkyl halides is 2. The van der Waals surface area contributed by atoms with Gasteiger partial charge in [0.15, 0.2) is 5.69 Å². The van der Waals surface area contributed by atoms with Gasteiger partial charge in [0.05, 0.1) is 12.1 Å². The summed E-state index contributed by atoms with van der Waals surface area (Å²) in [7, 11) is 1.12. The smallest absolute Gasteiger partial charge is 0.358 e. The van der Waals surface area contributed by atoms with Crippen molar-refractivity contribution in [3.8, 4) is 0 Å². The summed E-state index contributed by atoms with van der Waals surface area (Å²) in [6.07, 6.45) is -1.66. The first kappa shape index (κ1) is 10.8. The SMILES string of the molecule is COC(=O)c1nccc(C(F)F)c1Cl. The number of hydrogen-bond acceptors (Lipinski definition) is 3. The molecule has 0 fully saturated rings. The van der Waals surface area contributed by atoms with E-state index in [1.54, 1.807) is 0 Å². The van der Waals surface area contributed by atoms with Gasteiger partial charge >= 0.3 is 5.97 Å². The molecule has 0 aliphatic carbocycles. The molecular weight excluding hydrogens is 216 g/mol. The van der Waals surface area contributed by atoms with Gasteiger partial charge < -0.3 is 4.74 Å². The van der Waals surface area contributed by atoms with Crippen molar-refractivity contribution in [1.29, 1.82) is 0 Å². The normalized spacial score (nSPS) is 10.4. The van der Waals surface area contributed by atoms with Crippen LogP contribution in [0.5, 0.6) is 0 Å². The van der Waals surface area contributed by atoms with Crippen LogP contribution < -0.4 is 0 Å². The van der Waals surface area contributed by atoms with Crippen molar-refractivity contribution in [1.82, 2.24) is 4.98 Å². The van der Waals surface area contributed by atoms with E-state index in [1.807, 2.05) is 0 Å². The first-order chi connectivity index (χ1) is 6.57. The molecule has 0 N–H and O–H groups in total. The molecule has 14 heavy (non-hydrogen) atoms. The maximum Gasteiger partial charge on any atom is 0.358 e. The summed E-state index contributed by atoms with van der Waals surface area (Å²) in [5, 5.41) is -0.366.